The van der Waals surface area contributed by atoms with Gasteiger partial charge in [0.1, 0.15) is 17.1 Å². The molecular weight excluding hydrogens is 337 g/mol. The molecule has 2 heterocycles. The maximum absolute atomic E-state index is 14.1. The number of rotatable bonds is 4. The smallest absolute Gasteiger partial charge is 0.262 e. The Hall–Kier alpha value is -3.68. The van der Waals surface area contributed by atoms with Crippen molar-refractivity contribution >= 4 is 22.6 Å². The average molecular weight is 351 g/mol. The van der Waals surface area contributed by atoms with Crippen LogP contribution in [0.3, 0.4) is 0 Å². The van der Waals surface area contributed by atoms with Crippen LogP contribution >= 0.6 is 0 Å². The van der Waals surface area contributed by atoms with Crippen LogP contribution in [-0.2, 0) is 0 Å². The second kappa shape index (κ2) is 6.32. The van der Waals surface area contributed by atoms with E-state index in [-0.39, 0.29) is 11.3 Å². The predicted octanol–water partition coefficient (Wildman–Crippen LogP) is 3.35. The molecular formula is C18H14FN5O2. The predicted molar refractivity (Wildman–Crippen MR) is 94.6 cm³/mol. The number of imidazole rings is 1. The summed E-state index contributed by atoms with van der Waals surface area (Å²) in [7, 11) is 1.38. The molecule has 7 nitrogen and oxygen atoms in total. The van der Waals surface area contributed by atoms with E-state index >= 15 is 0 Å². The average Bonchev–Trinajstić information content (AvgIpc) is 3.27. The fraction of sp³-hybridized carbons (Fsp3) is 0.0556. The van der Waals surface area contributed by atoms with E-state index in [4.69, 9.17) is 4.74 Å². The number of ether oxygens (including phenoxy) is 1. The minimum atomic E-state index is -0.671. The maximum Gasteiger partial charge on any atom is 0.262 e. The third kappa shape index (κ3) is 2.67. The zero-order valence-corrected chi connectivity index (χ0v) is 13.7. The molecule has 1 amide bonds. The molecule has 4 rings (SSSR count). The number of nitrogens with zero attached hydrogens (tertiary/aromatic N) is 2. The number of carbonyl (C=O) groups is 1. The molecule has 0 saturated carbocycles. The molecule has 0 saturated heterocycles. The van der Waals surface area contributed by atoms with E-state index in [0.717, 1.165) is 11.0 Å². The number of para-hydroxylation sites is 2. The summed E-state index contributed by atoms with van der Waals surface area (Å²) in [5.74, 6) is -0.672. The lowest BCUT2D eigenvalue weighted by molar-refractivity contribution is 0.102. The zero-order valence-electron chi connectivity index (χ0n) is 13.7. The van der Waals surface area contributed by atoms with Crippen LogP contribution in [0.1, 0.15) is 10.4 Å². The molecule has 0 radical (unpaired) electrons. The van der Waals surface area contributed by atoms with Crippen LogP contribution in [0.4, 0.5) is 10.1 Å². The molecule has 130 valence electrons. The lowest BCUT2D eigenvalue weighted by atomic mass is 10.1. The number of hydrogen-bond donors (Lipinski definition) is 3. The van der Waals surface area contributed by atoms with Gasteiger partial charge >= 0.3 is 0 Å². The summed E-state index contributed by atoms with van der Waals surface area (Å²) in [5.41, 5.74) is 2.24. The summed E-state index contributed by atoms with van der Waals surface area (Å²) in [6.45, 7) is 0. The van der Waals surface area contributed by atoms with Crippen molar-refractivity contribution in [2.24, 2.45) is 0 Å². The molecule has 8 heteroatoms. The minimum Gasteiger partial charge on any atom is -0.496 e. The van der Waals surface area contributed by atoms with Gasteiger partial charge in [0.05, 0.1) is 23.8 Å². The third-order valence-electron chi connectivity index (χ3n) is 3.92. The molecule has 0 unspecified atom stereocenters. The van der Waals surface area contributed by atoms with E-state index in [2.05, 4.69) is 25.5 Å². The standard InChI is InChI=1S/C18H14FN5O2/c1-26-14-8-4-5-10(19)15(14)18(25)23-13-9-20-24-16(13)17-21-11-6-2-3-7-12(11)22-17/h2-9H,1H3,(H,20,24)(H,21,22)(H,23,25). The van der Waals surface area contributed by atoms with E-state index in [1.807, 2.05) is 24.3 Å². The molecule has 2 aromatic carbocycles. The van der Waals surface area contributed by atoms with Crippen LogP contribution < -0.4 is 10.1 Å². The van der Waals surface area contributed by atoms with Crippen molar-refractivity contribution in [1.29, 1.82) is 0 Å². The van der Waals surface area contributed by atoms with Gasteiger partial charge in [0, 0.05) is 6.20 Å². The molecule has 0 aliphatic rings. The minimum absolute atomic E-state index is 0.149. The Bertz CT molecular complexity index is 1070. The zero-order chi connectivity index (χ0) is 18.1. The van der Waals surface area contributed by atoms with Crippen molar-refractivity contribution < 1.29 is 13.9 Å². The molecule has 0 aliphatic carbocycles. The number of benzene rings is 2. The molecule has 0 atom stereocenters. The number of halogens is 1. The van der Waals surface area contributed by atoms with Gasteiger partial charge in [0.2, 0.25) is 0 Å². The van der Waals surface area contributed by atoms with E-state index in [1.54, 1.807) is 0 Å². The summed E-state index contributed by atoms with van der Waals surface area (Å²) < 4.78 is 19.2. The largest absolute Gasteiger partial charge is 0.496 e. The second-order valence-corrected chi connectivity index (χ2v) is 5.52. The third-order valence-corrected chi connectivity index (χ3v) is 3.92. The number of H-pyrrole nitrogens is 2. The first-order valence-corrected chi connectivity index (χ1v) is 7.80. The molecule has 26 heavy (non-hydrogen) atoms. The van der Waals surface area contributed by atoms with Gasteiger partial charge in [0.15, 0.2) is 11.5 Å². The van der Waals surface area contributed by atoms with Gasteiger partial charge < -0.3 is 15.0 Å². The summed E-state index contributed by atoms with van der Waals surface area (Å²) >= 11 is 0. The number of fused-ring (bicyclic) bond motifs is 1. The fourth-order valence-electron chi connectivity index (χ4n) is 2.71. The number of amides is 1. The number of anilines is 1. The van der Waals surface area contributed by atoms with E-state index in [9.17, 15) is 9.18 Å². The Morgan fingerprint density at radius 3 is 2.85 bits per heavy atom. The normalized spacial score (nSPS) is 10.8. The molecule has 0 bridgehead atoms. The molecule has 0 aliphatic heterocycles. The lowest BCUT2D eigenvalue weighted by Crippen LogP contribution is -2.15. The van der Waals surface area contributed by atoms with Crippen LogP contribution in [0.5, 0.6) is 5.75 Å². The van der Waals surface area contributed by atoms with E-state index in [1.165, 1.54) is 31.5 Å². The van der Waals surface area contributed by atoms with Crippen molar-refractivity contribution in [2.75, 3.05) is 12.4 Å². The monoisotopic (exact) mass is 351 g/mol. The number of aromatic nitrogens is 4. The number of aromatic amines is 2. The van der Waals surface area contributed by atoms with Gasteiger partial charge in [-0.05, 0) is 24.3 Å². The van der Waals surface area contributed by atoms with Crippen LogP contribution in [-0.4, -0.2) is 33.2 Å². The van der Waals surface area contributed by atoms with Crippen LogP contribution in [0.25, 0.3) is 22.6 Å². The Kier molecular flexibility index (Phi) is 3.85. The van der Waals surface area contributed by atoms with Gasteiger partial charge in [-0.1, -0.05) is 18.2 Å². The first kappa shape index (κ1) is 15.8. The van der Waals surface area contributed by atoms with Crippen molar-refractivity contribution in [3.05, 3.63) is 60.0 Å². The van der Waals surface area contributed by atoms with Gasteiger partial charge in [-0.15, -0.1) is 0 Å². The molecule has 4 aromatic rings. The van der Waals surface area contributed by atoms with Gasteiger partial charge in [-0.3, -0.25) is 9.89 Å². The number of hydrogen-bond acceptors (Lipinski definition) is 4. The highest BCUT2D eigenvalue weighted by Gasteiger charge is 2.21. The van der Waals surface area contributed by atoms with E-state index in [0.29, 0.717) is 17.2 Å². The Labute approximate surface area is 147 Å². The number of nitrogens with one attached hydrogen (secondary N) is 3. The summed E-state index contributed by atoms with van der Waals surface area (Å²) in [5, 5.41) is 9.48. The van der Waals surface area contributed by atoms with Crippen LogP contribution in [0, 0.1) is 5.82 Å². The first-order chi connectivity index (χ1) is 12.7. The second-order valence-electron chi connectivity index (χ2n) is 5.52. The topological polar surface area (TPSA) is 95.7 Å². The van der Waals surface area contributed by atoms with Crippen molar-refractivity contribution in [3.63, 3.8) is 0 Å². The van der Waals surface area contributed by atoms with Crippen LogP contribution in [0.2, 0.25) is 0 Å². The Balaban J connectivity index is 1.69. The van der Waals surface area contributed by atoms with Crippen molar-refractivity contribution in [2.45, 2.75) is 0 Å². The van der Waals surface area contributed by atoms with Gasteiger partial charge in [0.25, 0.3) is 5.91 Å². The van der Waals surface area contributed by atoms with Gasteiger partial charge in [-0.25, -0.2) is 9.37 Å². The van der Waals surface area contributed by atoms with Crippen LogP contribution in [0.15, 0.2) is 48.7 Å². The van der Waals surface area contributed by atoms with Crippen molar-refractivity contribution in [1.82, 2.24) is 20.2 Å². The molecule has 3 N–H and O–H groups in total. The SMILES string of the molecule is COc1cccc(F)c1C(=O)Nc1c[nH]nc1-c1nc2ccccc2[nH]1. The summed E-state index contributed by atoms with van der Waals surface area (Å²) in [6, 6.07) is 11.7. The highest BCUT2D eigenvalue weighted by molar-refractivity contribution is 6.07. The highest BCUT2D eigenvalue weighted by Crippen LogP contribution is 2.27. The fourth-order valence-corrected chi connectivity index (χ4v) is 2.71. The number of carbonyl (C=O) groups excluding carboxylic acids is 1. The lowest BCUT2D eigenvalue weighted by Gasteiger charge is -2.09. The summed E-state index contributed by atoms with van der Waals surface area (Å²) in [4.78, 5) is 20.2. The quantitative estimate of drug-likeness (QED) is 0.525. The van der Waals surface area contributed by atoms with Gasteiger partial charge in [-0.2, -0.15) is 5.10 Å². The number of methoxy groups -OCH3 is 1. The molecule has 2 aromatic heterocycles. The molecule has 0 spiro atoms. The highest BCUT2D eigenvalue weighted by atomic mass is 19.1. The molecule has 0 fully saturated rings. The van der Waals surface area contributed by atoms with E-state index < -0.39 is 11.7 Å². The maximum atomic E-state index is 14.1. The summed E-state index contributed by atoms with van der Waals surface area (Å²) in [6.07, 6.45) is 1.51. The first-order valence-electron chi connectivity index (χ1n) is 7.80. The Morgan fingerprint density at radius 1 is 1.19 bits per heavy atom. The Morgan fingerprint density at radius 2 is 2.04 bits per heavy atom. The van der Waals surface area contributed by atoms with Crippen molar-refractivity contribution in [3.8, 4) is 17.3 Å².